The summed E-state index contributed by atoms with van der Waals surface area (Å²) >= 11 is 0. The second kappa shape index (κ2) is 6.13. The number of carbonyl (C=O) groups excluding carboxylic acids is 2. The molecule has 0 aliphatic heterocycles. The first-order chi connectivity index (χ1) is 9.19. The van der Waals surface area contributed by atoms with E-state index in [1.165, 1.54) is 18.2 Å². The van der Waals surface area contributed by atoms with Crippen molar-refractivity contribution >= 4 is 17.5 Å². The third-order valence-corrected chi connectivity index (χ3v) is 2.11. The number of hydrogen-bond acceptors (Lipinski definition) is 4. The number of ether oxygens (including phenoxy) is 1. The summed E-state index contributed by atoms with van der Waals surface area (Å²) in [6.07, 6.45) is -4.50. The summed E-state index contributed by atoms with van der Waals surface area (Å²) in [5, 5.41) is 1.62. The Hall–Kier alpha value is -2.45. The minimum atomic E-state index is -4.50. The quantitative estimate of drug-likeness (QED) is 0.683. The molecule has 9 heteroatoms. The predicted molar refractivity (Wildman–Crippen MR) is 63.9 cm³/mol. The van der Waals surface area contributed by atoms with Gasteiger partial charge in [0.2, 0.25) is 0 Å². The molecule has 0 aliphatic carbocycles. The lowest BCUT2D eigenvalue weighted by atomic mass is 10.1. The van der Waals surface area contributed by atoms with Gasteiger partial charge in [-0.25, -0.2) is 0 Å². The summed E-state index contributed by atoms with van der Waals surface area (Å²) in [7, 11) is 0. The third kappa shape index (κ3) is 5.04. The third-order valence-electron chi connectivity index (χ3n) is 2.11. The van der Waals surface area contributed by atoms with E-state index < -0.39 is 31.1 Å². The molecule has 0 bridgehead atoms. The number of benzene rings is 1. The molecule has 1 aromatic carbocycles. The van der Waals surface area contributed by atoms with Crippen LogP contribution in [0.2, 0.25) is 0 Å². The van der Waals surface area contributed by atoms with Crippen molar-refractivity contribution in [1.82, 2.24) is 5.32 Å². The maximum atomic E-state index is 11.9. The van der Waals surface area contributed by atoms with Gasteiger partial charge in [0.15, 0.2) is 6.61 Å². The van der Waals surface area contributed by atoms with Crippen LogP contribution in [0.25, 0.3) is 0 Å². The number of hydrogen-bond donors (Lipinski definition) is 3. The molecule has 0 atom stereocenters. The lowest BCUT2D eigenvalue weighted by molar-refractivity contribution is -0.139. The molecule has 0 radical (unpaired) electrons. The molecule has 0 spiro atoms. The topological polar surface area (TPSA) is 107 Å². The fourth-order valence-corrected chi connectivity index (χ4v) is 1.26. The molecule has 5 N–H and O–H groups in total. The van der Waals surface area contributed by atoms with Crippen LogP contribution in [0.4, 0.5) is 18.9 Å². The Morgan fingerprint density at radius 2 is 1.95 bits per heavy atom. The number of alkyl halides is 3. The number of nitrogens with two attached hydrogens (primary N) is 2. The van der Waals surface area contributed by atoms with Crippen molar-refractivity contribution in [3.8, 4) is 5.75 Å². The van der Waals surface area contributed by atoms with Crippen LogP contribution in [0.3, 0.4) is 0 Å². The molecule has 2 amide bonds. The highest BCUT2D eigenvalue weighted by Gasteiger charge is 2.27. The largest absolute Gasteiger partial charge is 0.483 e. The van der Waals surface area contributed by atoms with Crippen LogP contribution < -0.4 is 21.5 Å². The molecule has 0 saturated heterocycles. The van der Waals surface area contributed by atoms with Crippen LogP contribution in [-0.4, -0.2) is 31.1 Å². The highest BCUT2D eigenvalue weighted by molar-refractivity contribution is 5.96. The monoisotopic (exact) mass is 291 g/mol. The Morgan fingerprint density at radius 1 is 1.30 bits per heavy atom. The zero-order chi connectivity index (χ0) is 15.3. The first-order valence-corrected chi connectivity index (χ1v) is 5.34. The van der Waals surface area contributed by atoms with Crippen LogP contribution in [0, 0.1) is 0 Å². The zero-order valence-electron chi connectivity index (χ0n) is 10.2. The molecule has 6 nitrogen and oxygen atoms in total. The second-order valence-electron chi connectivity index (χ2n) is 3.80. The van der Waals surface area contributed by atoms with Crippen molar-refractivity contribution in [2.45, 2.75) is 6.18 Å². The van der Waals surface area contributed by atoms with E-state index in [0.717, 1.165) is 0 Å². The van der Waals surface area contributed by atoms with Gasteiger partial charge in [-0.2, -0.15) is 13.2 Å². The average molecular weight is 291 g/mol. The number of nitrogen functional groups attached to an aromatic ring is 1. The summed E-state index contributed by atoms with van der Waals surface area (Å²) in [4.78, 5) is 22.2. The van der Waals surface area contributed by atoms with Crippen molar-refractivity contribution in [2.75, 3.05) is 18.9 Å². The Bertz CT molecular complexity index is 517. The van der Waals surface area contributed by atoms with Gasteiger partial charge in [-0.3, -0.25) is 9.59 Å². The van der Waals surface area contributed by atoms with Crippen LogP contribution in [-0.2, 0) is 4.79 Å². The van der Waals surface area contributed by atoms with E-state index in [2.05, 4.69) is 0 Å². The van der Waals surface area contributed by atoms with Gasteiger partial charge in [0.25, 0.3) is 11.8 Å². The molecule has 0 aromatic heterocycles. The van der Waals surface area contributed by atoms with Gasteiger partial charge in [-0.1, -0.05) is 0 Å². The highest BCUT2D eigenvalue weighted by Crippen LogP contribution is 2.20. The van der Waals surface area contributed by atoms with E-state index in [-0.39, 0.29) is 17.0 Å². The lowest BCUT2D eigenvalue weighted by Gasteiger charge is -2.11. The standard InChI is InChI=1S/C11H12F3N3O3/c12-11(13,14)5-17-9(18)4-20-8-2-1-6(15)3-7(8)10(16)19/h1-3H,4-5,15H2,(H2,16,19)(H,17,18). The van der Waals surface area contributed by atoms with Gasteiger partial charge in [0.1, 0.15) is 12.3 Å². The molecule has 110 valence electrons. The Labute approximate surface area is 111 Å². The van der Waals surface area contributed by atoms with Crippen LogP contribution in [0.5, 0.6) is 5.75 Å². The summed E-state index contributed by atoms with van der Waals surface area (Å²) in [5.74, 6) is -1.84. The number of halogens is 3. The summed E-state index contributed by atoms with van der Waals surface area (Å²) in [6.45, 7) is -2.14. The van der Waals surface area contributed by atoms with E-state index in [1.807, 2.05) is 0 Å². The Kier molecular flexibility index (Phi) is 4.78. The van der Waals surface area contributed by atoms with Gasteiger partial charge in [-0.15, -0.1) is 0 Å². The molecule has 0 aliphatic rings. The zero-order valence-corrected chi connectivity index (χ0v) is 10.2. The van der Waals surface area contributed by atoms with Crippen LogP contribution in [0.15, 0.2) is 18.2 Å². The normalized spacial score (nSPS) is 10.9. The number of anilines is 1. The molecular weight excluding hydrogens is 279 g/mol. The van der Waals surface area contributed by atoms with Gasteiger partial charge < -0.3 is 21.5 Å². The van der Waals surface area contributed by atoms with E-state index in [9.17, 15) is 22.8 Å². The fraction of sp³-hybridized carbons (Fsp3) is 0.273. The lowest BCUT2D eigenvalue weighted by Crippen LogP contribution is -2.36. The van der Waals surface area contributed by atoms with Crippen molar-refractivity contribution in [1.29, 1.82) is 0 Å². The molecule has 0 fully saturated rings. The predicted octanol–water partition coefficient (Wildman–Crippen LogP) is 0.425. The fourth-order valence-electron chi connectivity index (χ4n) is 1.26. The number of rotatable bonds is 5. The molecule has 0 unspecified atom stereocenters. The highest BCUT2D eigenvalue weighted by atomic mass is 19.4. The Balaban J connectivity index is 2.62. The number of carbonyl (C=O) groups is 2. The van der Waals surface area contributed by atoms with E-state index >= 15 is 0 Å². The number of amides is 2. The SMILES string of the molecule is NC(=O)c1cc(N)ccc1OCC(=O)NCC(F)(F)F. The molecular formula is C11H12F3N3O3. The van der Waals surface area contributed by atoms with Gasteiger partial charge >= 0.3 is 6.18 Å². The molecule has 20 heavy (non-hydrogen) atoms. The molecule has 0 saturated carbocycles. The van der Waals surface area contributed by atoms with Crippen molar-refractivity contribution in [2.24, 2.45) is 5.73 Å². The average Bonchev–Trinajstić information content (AvgIpc) is 2.33. The minimum absolute atomic E-state index is 0.0335. The van der Waals surface area contributed by atoms with Gasteiger partial charge in [0, 0.05) is 5.69 Å². The molecule has 1 aromatic rings. The summed E-state index contributed by atoms with van der Waals surface area (Å²) in [6, 6.07) is 3.94. The Morgan fingerprint density at radius 3 is 2.50 bits per heavy atom. The van der Waals surface area contributed by atoms with Gasteiger partial charge in [-0.05, 0) is 18.2 Å². The van der Waals surface area contributed by atoms with Gasteiger partial charge in [0.05, 0.1) is 5.56 Å². The minimum Gasteiger partial charge on any atom is -0.483 e. The summed E-state index contributed by atoms with van der Waals surface area (Å²) in [5.41, 5.74) is 10.7. The van der Waals surface area contributed by atoms with Crippen molar-refractivity contribution in [3.63, 3.8) is 0 Å². The van der Waals surface area contributed by atoms with Crippen LogP contribution in [0.1, 0.15) is 10.4 Å². The summed E-state index contributed by atoms with van der Waals surface area (Å²) < 4.78 is 40.5. The van der Waals surface area contributed by atoms with Crippen LogP contribution >= 0.6 is 0 Å². The maximum Gasteiger partial charge on any atom is 0.405 e. The molecule has 0 heterocycles. The number of nitrogens with one attached hydrogen (secondary N) is 1. The number of primary amides is 1. The van der Waals surface area contributed by atoms with E-state index in [0.29, 0.717) is 0 Å². The van der Waals surface area contributed by atoms with E-state index in [1.54, 1.807) is 5.32 Å². The van der Waals surface area contributed by atoms with Crippen molar-refractivity contribution < 1.29 is 27.5 Å². The maximum absolute atomic E-state index is 11.9. The van der Waals surface area contributed by atoms with Crippen molar-refractivity contribution in [3.05, 3.63) is 23.8 Å². The first kappa shape index (κ1) is 15.6. The molecule has 1 rings (SSSR count). The smallest absolute Gasteiger partial charge is 0.405 e. The first-order valence-electron chi connectivity index (χ1n) is 5.34. The second-order valence-corrected chi connectivity index (χ2v) is 3.80. The van der Waals surface area contributed by atoms with E-state index in [4.69, 9.17) is 16.2 Å².